The zero-order valence-corrected chi connectivity index (χ0v) is 11.9. The van der Waals surface area contributed by atoms with E-state index in [2.05, 4.69) is 43.1 Å². The van der Waals surface area contributed by atoms with Crippen LogP contribution < -0.4 is 15.0 Å². The molecule has 0 aliphatic carbocycles. The van der Waals surface area contributed by atoms with Crippen LogP contribution in [-0.2, 0) is 0 Å². The molecular weight excluding hydrogens is 224 g/mol. The number of methoxy groups -OCH3 is 1. The van der Waals surface area contributed by atoms with Gasteiger partial charge in [0.25, 0.3) is 0 Å². The lowest BCUT2D eigenvalue weighted by Gasteiger charge is -2.31. The molecule has 1 saturated heterocycles. The third-order valence-electron chi connectivity index (χ3n) is 3.47. The smallest absolute Gasteiger partial charge is 0.142 e. The molecule has 3 heteroatoms. The summed E-state index contributed by atoms with van der Waals surface area (Å²) in [6.45, 7) is 9.97. The number of nitrogens with one attached hydrogen (secondary N) is 1. The molecule has 1 aliphatic heterocycles. The van der Waals surface area contributed by atoms with Crippen molar-refractivity contribution in [1.29, 1.82) is 0 Å². The summed E-state index contributed by atoms with van der Waals surface area (Å²) in [5.41, 5.74) is 1.47. The summed E-state index contributed by atoms with van der Waals surface area (Å²) in [6.07, 6.45) is 0. The van der Waals surface area contributed by atoms with Crippen molar-refractivity contribution in [2.24, 2.45) is 5.41 Å². The van der Waals surface area contributed by atoms with Gasteiger partial charge in [-0.3, -0.25) is 0 Å². The molecule has 0 bridgehead atoms. The lowest BCUT2D eigenvalue weighted by molar-refractivity contribution is 0.360. The maximum absolute atomic E-state index is 5.48. The number of ether oxygens (including phenoxy) is 1. The molecular formula is C15H24N2O. The van der Waals surface area contributed by atoms with Gasteiger partial charge in [-0.2, -0.15) is 0 Å². The molecule has 0 saturated carbocycles. The first-order valence-electron chi connectivity index (χ1n) is 6.63. The van der Waals surface area contributed by atoms with Gasteiger partial charge in [-0.05, 0) is 24.5 Å². The van der Waals surface area contributed by atoms with E-state index in [1.807, 2.05) is 12.1 Å². The maximum Gasteiger partial charge on any atom is 0.142 e. The molecule has 1 N–H and O–H groups in total. The topological polar surface area (TPSA) is 24.5 Å². The fourth-order valence-electron chi connectivity index (χ4n) is 2.56. The van der Waals surface area contributed by atoms with E-state index in [1.54, 1.807) is 7.11 Å². The van der Waals surface area contributed by atoms with Gasteiger partial charge in [0.1, 0.15) is 5.75 Å². The molecule has 1 atom stereocenters. The normalized spacial score (nSPS) is 23.6. The lowest BCUT2D eigenvalue weighted by Crippen LogP contribution is -2.35. The number of rotatable bonds is 2. The molecule has 100 valence electrons. The average molecular weight is 248 g/mol. The Hall–Kier alpha value is -1.22. The Bertz CT molecular complexity index is 403. The number of hydrogen-bond acceptors (Lipinski definition) is 3. The first-order chi connectivity index (χ1) is 8.52. The zero-order valence-electron chi connectivity index (χ0n) is 11.9. The SMILES string of the molecule is COc1ccccc1N1CC(C)NCC(C)(C)C1. The molecule has 1 aromatic carbocycles. The summed E-state index contributed by atoms with van der Waals surface area (Å²) < 4.78 is 5.48. The maximum atomic E-state index is 5.48. The molecule has 3 nitrogen and oxygen atoms in total. The van der Waals surface area contributed by atoms with Gasteiger partial charge in [0, 0.05) is 25.7 Å². The van der Waals surface area contributed by atoms with Gasteiger partial charge >= 0.3 is 0 Å². The molecule has 1 fully saturated rings. The highest BCUT2D eigenvalue weighted by atomic mass is 16.5. The van der Waals surface area contributed by atoms with Crippen LogP contribution >= 0.6 is 0 Å². The summed E-state index contributed by atoms with van der Waals surface area (Å²) >= 11 is 0. The minimum absolute atomic E-state index is 0.269. The first-order valence-corrected chi connectivity index (χ1v) is 6.63. The van der Waals surface area contributed by atoms with Crippen molar-refractivity contribution in [3.05, 3.63) is 24.3 Å². The summed E-state index contributed by atoms with van der Waals surface area (Å²) in [5.74, 6) is 0.961. The van der Waals surface area contributed by atoms with Crippen LogP contribution in [0.15, 0.2) is 24.3 Å². The second kappa shape index (κ2) is 5.19. The van der Waals surface area contributed by atoms with Gasteiger partial charge in [0.2, 0.25) is 0 Å². The van der Waals surface area contributed by atoms with Crippen molar-refractivity contribution >= 4 is 5.69 Å². The first kappa shape index (κ1) is 13.2. The van der Waals surface area contributed by atoms with Crippen molar-refractivity contribution in [1.82, 2.24) is 5.32 Å². The Balaban J connectivity index is 2.29. The predicted molar refractivity (Wildman–Crippen MR) is 76.5 cm³/mol. The predicted octanol–water partition coefficient (Wildman–Crippen LogP) is 2.52. The van der Waals surface area contributed by atoms with E-state index in [1.165, 1.54) is 5.69 Å². The Morgan fingerprint density at radius 3 is 2.78 bits per heavy atom. The molecule has 2 rings (SSSR count). The van der Waals surface area contributed by atoms with E-state index in [0.29, 0.717) is 6.04 Å². The quantitative estimate of drug-likeness (QED) is 0.870. The fraction of sp³-hybridized carbons (Fsp3) is 0.600. The van der Waals surface area contributed by atoms with E-state index in [4.69, 9.17) is 4.74 Å². The highest BCUT2D eigenvalue weighted by molar-refractivity contribution is 5.58. The van der Waals surface area contributed by atoms with Crippen LogP contribution in [0, 0.1) is 5.41 Å². The van der Waals surface area contributed by atoms with Crippen LogP contribution in [0.4, 0.5) is 5.69 Å². The van der Waals surface area contributed by atoms with Gasteiger partial charge in [-0.15, -0.1) is 0 Å². The fourth-order valence-corrected chi connectivity index (χ4v) is 2.56. The van der Waals surface area contributed by atoms with Crippen LogP contribution in [0.3, 0.4) is 0 Å². The Morgan fingerprint density at radius 2 is 2.06 bits per heavy atom. The highest BCUT2D eigenvalue weighted by Gasteiger charge is 2.28. The molecule has 0 radical (unpaired) electrons. The zero-order chi connectivity index (χ0) is 13.2. The minimum atomic E-state index is 0.269. The molecule has 18 heavy (non-hydrogen) atoms. The van der Waals surface area contributed by atoms with Crippen molar-refractivity contribution in [2.75, 3.05) is 31.6 Å². The van der Waals surface area contributed by atoms with E-state index in [9.17, 15) is 0 Å². The van der Waals surface area contributed by atoms with E-state index in [-0.39, 0.29) is 5.41 Å². The Morgan fingerprint density at radius 1 is 1.33 bits per heavy atom. The summed E-state index contributed by atoms with van der Waals surface area (Å²) in [4.78, 5) is 2.43. The van der Waals surface area contributed by atoms with Crippen LogP contribution in [0.1, 0.15) is 20.8 Å². The van der Waals surface area contributed by atoms with Gasteiger partial charge in [-0.25, -0.2) is 0 Å². The molecule has 1 aromatic rings. The molecule has 1 heterocycles. The van der Waals surface area contributed by atoms with Crippen LogP contribution in [0.25, 0.3) is 0 Å². The number of hydrogen-bond donors (Lipinski definition) is 1. The molecule has 1 unspecified atom stereocenters. The van der Waals surface area contributed by atoms with Crippen LogP contribution in [-0.4, -0.2) is 32.8 Å². The minimum Gasteiger partial charge on any atom is -0.495 e. The second-order valence-corrected chi connectivity index (χ2v) is 6.00. The van der Waals surface area contributed by atoms with Crippen molar-refractivity contribution in [3.8, 4) is 5.75 Å². The summed E-state index contributed by atoms with van der Waals surface area (Å²) in [6, 6.07) is 8.77. The van der Waals surface area contributed by atoms with E-state index in [0.717, 1.165) is 25.4 Å². The van der Waals surface area contributed by atoms with Gasteiger partial charge < -0.3 is 15.0 Å². The van der Waals surface area contributed by atoms with E-state index < -0.39 is 0 Å². The summed E-state index contributed by atoms with van der Waals surface area (Å²) in [7, 11) is 1.74. The van der Waals surface area contributed by atoms with Gasteiger partial charge in [0.05, 0.1) is 12.8 Å². The van der Waals surface area contributed by atoms with Crippen molar-refractivity contribution in [2.45, 2.75) is 26.8 Å². The Kier molecular flexibility index (Phi) is 3.81. The Labute approximate surface area is 110 Å². The standard InChI is InChI=1S/C15H24N2O/c1-12-9-17(11-15(2,3)10-16-12)13-7-5-6-8-14(13)18-4/h5-8,12,16H,9-11H2,1-4H3. The van der Waals surface area contributed by atoms with Crippen LogP contribution in [0.5, 0.6) is 5.75 Å². The summed E-state index contributed by atoms with van der Waals surface area (Å²) in [5, 5.41) is 3.59. The number of benzene rings is 1. The third-order valence-corrected chi connectivity index (χ3v) is 3.47. The highest BCUT2D eigenvalue weighted by Crippen LogP contribution is 2.31. The second-order valence-electron chi connectivity index (χ2n) is 6.00. The average Bonchev–Trinajstić information content (AvgIpc) is 2.48. The van der Waals surface area contributed by atoms with Gasteiger partial charge in [0.15, 0.2) is 0 Å². The lowest BCUT2D eigenvalue weighted by atomic mass is 9.93. The largest absolute Gasteiger partial charge is 0.495 e. The molecule has 0 amide bonds. The monoisotopic (exact) mass is 248 g/mol. The number of para-hydroxylation sites is 2. The third kappa shape index (κ3) is 2.96. The number of nitrogens with zero attached hydrogens (tertiary/aromatic N) is 1. The molecule has 0 spiro atoms. The molecule has 0 aromatic heterocycles. The van der Waals surface area contributed by atoms with Crippen molar-refractivity contribution in [3.63, 3.8) is 0 Å². The number of anilines is 1. The van der Waals surface area contributed by atoms with Crippen molar-refractivity contribution < 1.29 is 4.74 Å². The van der Waals surface area contributed by atoms with Gasteiger partial charge in [-0.1, -0.05) is 26.0 Å². The van der Waals surface area contributed by atoms with E-state index >= 15 is 0 Å². The molecule has 1 aliphatic rings. The van der Waals surface area contributed by atoms with Crippen LogP contribution in [0.2, 0.25) is 0 Å².